The fourth-order valence-electron chi connectivity index (χ4n) is 1.55. The van der Waals surface area contributed by atoms with Crippen LogP contribution in [0.4, 0.5) is 0 Å². The van der Waals surface area contributed by atoms with E-state index in [9.17, 15) is 0 Å². The van der Waals surface area contributed by atoms with Crippen LogP contribution in [0.1, 0.15) is 25.7 Å². The van der Waals surface area contributed by atoms with E-state index in [0.29, 0.717) is 13.2 Å². The lowest BCUT2D eigenvalue weighted by molar-refractivity contribution is 0.229. The Morgan fingerprint density at radius 1 is 0.625 bits per heavy atom. The number of aliphatic hydroxyl groups is 2. The first-order chi connectivity index (χ1) is 7.70. The van der Waals surface area contributed by atoms with Crippen molar-refractivity contribution < 1.29 is 10.2 Å². The van der Waals surface area contributed by atoms with Crippen molar-refractivity contribution in [3.8, 4) is 0 Å². The van der Waals surface area contributed by atoms with Crippen molar-refractivity contribution in [2.24, 2.45) is 0 Å². The summed E-state index contributed by atoms with van der Waals surface area (Å²) in [5, 5.41) is 17.3. The number of unbranched alkanes of at least 4 members (excludes halogenated alkanes) is 2. The van der Waals surface area contributed by atoms with Gasteiger partial charge in [0, 0.05) is 26.3 Å². The molecule has 0 rings (SSSR count). The second-order valence-corrected chi connectivity index (χ2v) is 4.47. The summed E-state index contributed by atoms with van der Waals surface area (Å²) in [4.78, 5) is 4.61. The van der Waals surface area contributed by atoms with Gasteiger partial charge < -0.3 is 20.0 Å². The molecule has 0 saturated heterocycles. The predicted molar refractivity (Wildman–Crippen MR) is 67.6 cm³/mol. The third kappa shape index (κ3) is 10.4. The molecular formula is C12H28N2O2. The Balaban J connectivity index is 3.32. The van der Waals surface area contributed by atoms with E-state index < -0.39 is 0 Å². The fraction of sp³-hybridized carbons (Fsp3) is 1.00. The average Bonchev–Trinajstić information content (AvgIpc) is 2.27. The quantitative estimate of drug-likeness (QED) is 0.506. The Labute approximate surface area is 99.9 Å². The molecule has 0 heterocycles. The summed E-state index contributed by atoms with van der Waals surface area (Å²) in [6.45, 7) is 4.86. The van der Waals surface area contributed by atoms with Gasteiger partial charge >= 0.3 is 0 Å². The summed E-state index contributed by atoms with van der Waals surface area (Å²) >= 11 is 0. The highest BCUT2D eigenvalue weighted by molar-refractivity contribution is 4.57. The van der Waals surface area contributed by atoms with Gasteiger partial charge in [-0.25, -0.2) is 0 Å². The molecule has 0 unspecified atom stereocenters. The Morgan fingerprint density at radius 2 is 1.00 bits per heavy atom. The lowest BCUT2D eigenvalue weighted by Crippen LogP contribution is -2.32. The minimum atomic E-state index is 0.300. The smallest absolute Gasteiger partial charge is 0.0431 e. The zero-order valence-electron chi connectivity index (χ0n) is 10.9. The van der Waals surface area contributed by atoms with Crippen molar-refractivity contribution in [2.75, 3.05) is 53.5 Å². The maximum atomic E-state index is 8.67. The van der Waals surface area contributed by atoms with Crippen molar-refractivity contribution in [3.05, 3.63) is 0 Å². The van der Waals surface area contributed by atoms with Gasteiger partial charge in [0.25, 0.3) is 0 Å². The lowest BCUT2D eigenvalue weighted by Gasteiger charge is -2.21. The van der Waals surface area contributed by atoms with Crippen molar-refractivity contribution in [2.45, 2.75) is 25.7 Å². The van der Waals surface area contributed by atoms with Crippen molar-refractivity contribution in [3.63, 3.8) is 0 Å². The second kappa shape index (κ2) is 11.3. The summed E-state index contributed by atoms with van der Waals surface area (Å²) in [6.07, 6.45) is 3.94. The van der Waals surface area contributed by atoms with Gasteiger partial charge in [-0.1, -0.05) is 0 Å². The Morgan fingerprint density at radius 3 is 1.31 bits per heavy atom. The molecule has 98 valence electrons. The number of hydrogen-bond acceptors (Lipinski definition) is 4. The topological polar surface area (TPSA) is 46.9 Å². The molecule has 0 aromatic carbocycles. The molecule has 4 nitrogen and oxygen atoms in total. The van der Waals surface area contributed by atoms with E-state index in [2.05, 4.69) is 23.9 Å². The first-order valence-corrected chi connectivity index (χ1v) is 6.29. The molecule has 0 aromatic rings. The Kier molecular flexibility index (Phi) is 11.2. The predicted octanol–water partition coefficient (Wildman–Crippen LogP) is 0.395. The molecule has 0 bridgehead atoms. The van der Waals surface area contributed by atoms with E-state index in [1.165, 1.54) is 0 Å². The highest BCUT2D eigenvalue weighted by Crippen LogP contribution is 1.95. The molecular weight excluding hydrogens is 204 g/mol. The molecule has 0 atom stereocenters. The number of rotatable bonds is 11. The molecule has 4 heteroatoms. The Bertz CT molecular complexity index is 129. The number of hydrogen-bond donors (Lipinski definition) is 2. The van der Waals surface area contributed by atoms with Crippen molar-refractivity contribution >= 4 is 0 Å². The fourth-order valence-corrected chi connectivity index (χ4v) is 1.55. The minimum Gasteiger partial charge on any atom is -0.396 e. The third-order valence-corrected chi connectivity index (χ3v) is 2.76. The molecule has 0 fully saturated rings. The number of aliphatic hydroxyl groups excluding tert-OH is 2. The first-order valence-electron chi connectivity index (χ1n) is 6.29. The molecule has 16 heavy (non-hydrogen) atoms. The van der Waals surface area contributed by atoms with Gasteiger partial charge in [0.05, 0.1) is 0 Å². The van der Waals surface area contributed by atoms with Crippen LogP contribution in [0, 0.1) is 0 Å². The standard InChI is InChI=1S/C12H28N2O2/c1-13(7-3-5-11-15)9-10-14(2)8-4-6-12-16/h15-16H,3-12H2,1-2H3. The van der Waals surface area contributed by atoms with Crippen LogP contribution in [0.15, 0.2) is 0 Å². The summed E-state index contributed by atoms with van der Waals surface area (Å²) < 4.78 is 0. The number of likely N-dealkylation sites (N-methyl/N-ethyl adjacent to an activating group) is 2. The summed E-state index contributed by atoms with van der Waals surface area (Å²) in [5.74, 6) is 0. The van der Waals surface area contributed by atoms with E-state index in [0.717, 1.165) is 51.9 Å². The van der Waals surface area contributed by atoms with E-state index in [1.807, 2.05) is 0 Å². The average molecular weight is 232 g/mol. The lowest BCUT2D eigenvalue weighted by atomic mass is 10.3. The van der Waals surface area contributed by atoms with Gasteiger partial charge in [-0.3, -0.25) is 0 Å². The van der Waals surface area contributed by atoms with Crippen LogP contribution >= 0.6 is 0 Å². The maximum absolute atomic E-state index is 8.67. The van der Waals surface area contributed by atoms with Crippen LogP contribution in [0.3, 0.4) is 0 Å². The van der Waals surface area contributed by atoms with Crippen LogP contribution in [-0.4, -0.2) is 73.5 Å². The zero-order valence-corrected chi connectivity index (χ0v) is 10.9. The van der Waals surface area contributed by atoms with Gasteiger partial charge in [0.2, 0.25) is 0 Å². The molecule has 0 aromatic heterocycles. The van der Waals surface area contributed by atoms with Crippen molar-refractivity contribution in [1.29, 1.82) is 0 Å². The van der Waals surface area contributed by atoms with Crippen LogP contribution in [-0.2, 0) is 0 Å². The van der Waals surface area contributed by atoms with E-state index in [4.69, 9.17) is 10.2 Å². The molecule has 2 N–H and O–H groups in total. The van der Waals surface area contributed by atoms with Crippen LogP contribution < -0.4 is 0 Å². The minimum absolute atomic E-state index is 0.300. The molecule has 0 aliphatic heterocycles. The monoisotopic (exact) mass is 232 g/mol. The normalized spacial score (nSPS) is 11.6. The van der Waals surface area contributed by atoms with Crippen LogP contribution in [0.5, 0.6) is 0 Å². The second-order valence-electron chi connectivity index (χ2n) is 4.47. The molecule has 0 aliphatic rings. The molecule has 0 saturated carbocycles. The van der Waals surface area contributed by atoms with E-state index in [-0.39, 0.29) is 0 Å². The zero-order chi connectivity index (χ0) is 12.2. The molecule has 0 radical (unpaired) electrons. The van der Waals surface area contributed by atoms with Crippen molar-refractivity contribution in [1.82, 2.24) is 9.80 Å². The third-order valence-electron chi connectivity index (χ3n) is 2.76. The van der Waals surface area contributed by atoms with E-state index >= 15 is 0 Å². The van der Waals surface area contributed by atoms with Gasteiger partial charge in [0.1, 0.15) is 0 Å². The van der Waals surface area contributed by atoms with Gasteiger partial charge in [-0.15, -0.1) is 0 Å². The highest BCUT2D eigenvalue weighted by atomic mass is 16.3. The maximum Gasteiger partial charge on any atom is 0.0431 e. The molecule has 0 aliphatic carbocycles. The van der Waals surface area contributed by atoms with Gasteiger partial charge in [0.15, 0.2) is 0 Å². The first kappa shape index (κ1) is 15.8. The largest absolute Gasteiger partial charge is 0.396 e. The Hall–Kier alpha value is -0.160. The highest BCUT2D eigenvalue weighted by Gasteiger charge is 2.01. The van der Waals surface area contributed by atoms with Crippen LogP contribution in [0.2, 0.25) is 0 Å². The summed E-state index contributed by atoms with van der Waals surface area (Å²) in [7, 11) is 4.25. The van der Waals surface area contributed by atoms with Gasteiger partial charge in [-0.05, 0) is 52.9 Å². The summed E-state index contributed by atoms with van der Waals surface area (Å²) in [5.41, 5.74) is 0. The number of nitrogens with zero attached hydrogens (tertiary/aromatic N) is 2. The molecule has 0 amide bonds. The van der Waals surface area contributed by atoms with Gasteiger partial charge in [-0.2, -0.15) is 0 Å². The molecule has 0 spiro atoms. The van der Waals surface area contributed by atoms with E-state index in [1.54, 1.807) is 0 Å². The summed E-state index contributed by atoms with van der Waals surface area (Å²) in [6, 6.07) is 0. The van der Waals surface area contributed by atoms with Crippen LogP contribution in [0.25, 0.3) is 0 Å². The SMILES string of the molecule is CN(CCCCO)CCN(C)CCCCO.